The van der Waals surface area contributed by atoms with E-state index in [4.69, 9.17) is 10.1 Å². The molecule has 0 aliphatic carbocycles. The summed E-state index contributed by atoms with van der Waals surface area (Å²) >= 11 is 1.65. The number of anilines is 1. The van der Waals surface area contributed by atoms with Crippen molar-refractivity contribution >= 4 is 22.2 Å². The largest absolute Gasteiger partial charge is 0.231 e. The van der Waals surface area contributed by atoms with Crippen LogP contribution in [0.2, 0.25) is 0 Å². The van der Waals surface area contributed by atoms with Crippen molar-refractivity contribution in [1.29, 1.82) is 0 Å². The Bertz CT molecular complexity index is 1240. The van der Waals surface area contributed by atoms with Gasteiger partial charge in [0.25, 0.3) is 0 Å². The highest BCUT2D eigenvalue weighted by Crippen LogP contribution is 2.39. The van der Waals surface area contributed by atoms with Crippen molar-refractivity contribution < 1.29 is 0 Å². The molecule has 0 N–H and O–H groups in total. The number of aromatic nitrogens is 1. The molecule has 3 nitrogen and oxygen atoms in total. The highest BCUT2D eigenvalue weighted by Gasteiger charge is 2.31. The van der Waals surface area contributed by atoms with E-state index in [1.165, 1.54) is 27.8 Å². The second-order valence-electron chi connectivity index (χ2n) is 8.20. The number of hydrogen-bond acceptors (Lipinski definition) is 4. The van der Waals surface area contributed by atoms with Gasteiger partial charge in [-0.15, -0.1) is 11.3 Å². The van der Waals surface area contributed by atoms with Gasteiger partial charge in [0.2, 0.25) is 5.13 Å². The summed E-state index contributed by atoms with van der Waals surface area (Å²) < 4.78 is 0. The first-order valence-corrected chi connectivity index (χ1v) is 11.5. The topological polar surface area (TPSA) is 28.5 Å². The van der Waals surface area contributed by atoms with Gasteiger partial charge in [0.05, 0.1) is 17.4 Å². The molecule has 0 saturated heterocycles. The van der Waals surface area contributed by atoms with Gasteiger partial charge in [-0.2, -0.15) is 5.10 Å². The molecule has 1 atom stereocenters. The number of thiazole rings is 1. The molecule has 5 rings (SSSR count). The van der Waals surface area contributed by atoms with E-state index < -0.39 is 0 Å². The standard InChI is InChI=1S/C27H25N3S/c1-18-9-12-22(13-10-18)26-16-24(23-14-11-19(2)20(3)15-23)29-30(26)27-28-25(17-31-27)21-7-5-4-6-8-21/h4-15,17,26H,16H2,1-3H3. The van der Waals surface area contributed by atoms with Crippen LogP contribution in [0, 0.1) is 20.8 Å². The second-order valence-corrected chi connectivity index (χ2v) is 9.04. The summed E-state index contributed by atoms with van der Waals surface area (Å²) in [5, 5.41) is 10.3. The van der Waals surface area contributed by atoms with E-state index in [2.05, 4.69) is 97.9 Å². The third kappa shape index (κ3) is 3.91. The number of hydrazone groups is 1. The first kappa shape index (κ1) is 19.7. The Morgan fingerprint density at radius 2 is 1.61 bits per heavy atom. The van der Waals surface area contributed by atoms with Gasteiger partial charge >= 0.3 is 0 Å². The van der Waals surface area contributed by atoms with Crippen LogP contribution < -0.4 is 5.01 Å². The molecule has 1 aromatic heterocycles. The fraction of sp³-hybridized carbons (Fsp3) is 0.185. The van der Waals surface area contributed by atoms with Crippen LogP contribution in [0.25, 0.3) is 11.3 Å². The van der Waals surface area contributed by atoms with Crippen LogP contribution in [-0.4, -0.2) is 10.7 Å². The second kappa shape index (κ2) is 8.12. The average Bonchev–Trinajstić information content (AvgIpc) is 3.44. The highest BCUT2D eigenvalue weighted by molar-refractivity contribution is 7.14. The molecular formula is C27H25N3S. The molecule has 0 bridgehead atoms. The van der Waals surface area contributed by atoms with Crippen molar-refractivity contribution in [3.8, 4) is 11.3 Å². The smallest absolute Gasteiger partial charge is 0.207 e. The Morgan fingerprint density at radius 1 is 0.839 bits per heavy atom. The lowest BCUT2D eigenvalue weighted by molar-refractivity contribution is 0.706. The number of hydrogen-bond donors (Lipinski definition) is 0. The zero-order valence-electron chi connectivity index (χ0n) is 18.0. The van der Waals surface area contributed by atoms with Crippen molar-refractivity contribution in [2.24, 2.45) is 5.10 Å². The molecule has 4 aromatic rings. The fourth-order valence-corrected chi connectivity index (χ4v) is 4.77. The summed E-state index contributed by atoms with van der Waals surface area (Å²) in [6.45, 7) is 6.44. The van der Waals surface area contributed by atoms with E-state index in [1.54, 1.807) is 11.3 Å². The molecule has 1 unspecified atom stereocenters. The van der Waals surface area contributed by atoms with Crippen LogP contribution in [0.3, 0.4) is 0 Å². The lowest BCUT2D eigenvalue weighted by atomic mass is 9.96. The summed E-state index contributed by atoms with van der Waals surface area (Å²) in [5.74, 6) is 0. The van der Waals surface area contributed by atoms with Gasteiger partial charge in [-0.25, -0.2) is 9.99 Å². The summed E-state index contributed by atoms with van der Waals surface area (Å²) in [6, 6.07) is 25.9. The third-order valence-electron chi connectivity index (χ3n) is 5.97. The molecule has 31 heavy (non-hydrogen) atoms. The van der Waals surface area contributed by atoms with Crippen molar-refractivity contribution in [3.05, 3.63) is 106 Å². The van der Waals surface area contributed by atoms with E-state index >= 15 is 0 Å². The molecule has 0 amide bonds. The van der Waals surface area contributed by atoms with E-state index in [-0.39, 0.29) is 6.04 Å². The summed E-state index contributed by atoms with van der Waals surface area (Å²) in [4.78, 5) is 4.95. The molecule has 1 aliphatic heterocycles. The lowest BCUT2D eigenvalue weighted by Gasteiger charge is -2.21. The molecular weight excluding hydrogens is 398 g/mol. The molecule has 2 heterocycles. The van der Waals surface area contributed by atoms with Crippen LogP contribution in [0.5, 0.6) is 0 Å². The maximum absolute atomic E-state index is 5.08. The molecule has 3 aromatic carbocycles. The minimum atomic E-state index is 0.145. The minimum absolute atomic E-state index is 0.145. The van der Waals surface area contributed by atoms with Gasteiger partial charge in [0.15, 0.2) is 0 Å². The first-order valence-electron chi connectivity index (χ1n) is 10.6. The minimum Gasteiger partial charge on any atom is -0.231 e. The first-order chi connectivity index (χ1) is 15.1. The number of aryl methyl sites for hydroxylation is 3. The summed E-state index contributed by atoms with van der Waals surface area (Å²) in [7, 11) is 0. The zero-order chi connectivity index (χ0) is 21.4. The molecule has 154 valence electrons. The average molecular weight is 424 g/mol. The number of nitrogens with zero attached hydrogens (tertiary/aromatic N) is 3. The van der Waals surface area contributed by atoms with Crippen molar-refractivity contribution in [1.82, 2.24) is 4.98 Å². The molecule has 4 heteroatoms. The number of benzene rings is 3. The molecule has 1 aliphatic rings. The Hall–Kier alpha value is -3.24. The lowest BCUT2D eigenvalue weighted by Crippen LogP contribution is -2.18. The van der Waals surface area contributed by atoms with Crippen LogP contribution >= 0.6 is 11.3 Å². The van der Waals surface area contributed by atoms with Crippen molar-refractivity contribution in [2.75, 3.05) is 5.01 Å². The summed E-state index contributed by atoms with van der Waals surface area (Å²) in [6.07, 6.45) is 0.867. The molecule has 0 radical (unpaired) electrons. The fourth-order valence-electron chi connectivity index (χ4n) is 3.94. The molecule has 0 spiro atoms. The van der Waals surface area contributed by atoms with E-state index in [0.29, 0.717) is 0 Å². The quantitative estimate of drug-likeness (QED) is 0.350. The predicted molar refractivity (Wildman–Crippen MR) is 131 cm³/mol. The van der Waals surface area contributed by atoms with Crippen LogP contribution in [0.15, 0.2) is 83.3 Å². The van der Waals surface area contributed by atoms with Gasteiger partial charge in [-0.1, -0.05) is 72.3 Å². The highest BCUT2D eigenvalue weighted by atomic mass is 32.1. The monoisotopic (exact) mass is 423 g/mol. The van der Waals surface area contributed by atoms with Crippen molar-refractivity contribution in [3.63, 3.8) is 0 Å². The maximum atomic E-state index is 5.08. The van der Waals surface area contributed by atoms with Gasteiger partial charge in [0, 0.05) is 17.4 Å². The molecule has 0 fully saturated rings. The summed E-state index contributed by atoms with van der Waals surface area (Å²) in [5.41, 5.74) is 9.59. The van der Waals surface area contributed by atoms with E-state index in [9.17, 15) is 0 Å². The van der Waals surface area contributed by atoms with Crippen molar-refractivity contribution in [2.45, 2.75) is 33.2 Å². The zero-order valence-corrected chi connectivity index (χ0v) is 18.9. The Morgan fingerprint density at radius 3 is 2.35 bits per heavy atom. The van der Waals surface area contributed by atoms with Gasteiger partial charge in [-0.05, 0) is 49.1 Å². The SMILES string of the molecule is Cc1ccc(C2CC(c3ccc(C)c(C)c3)=NN2c2nc(-c3ccccc3)cs2)cc1. The Kier molecular flexibility index (Phi) is 5.16. The molecule has 0 saturated carbocycles. The van der Waals surface area contributed by atoms with E-state index in [0.717, 1.165) is 28.5 Å². The third-order valence-corrected chi connectivity index (χ3v) is 6.80. The van der Waals surface area contributed by atoms with Gasteiger partial charge < -0.3 is 0 Å². The van der Waals surface area contributed by atoms with Crippen LogP contribution in [0.4, 0.5) is 5.13 Å². The van der Waals surface area contributed by atoms with Gasteiger partial charge in [-0.3, -0.25) is 0 Å². The Labute approximate surface area is 187 Å². The van der Waals surface area contributed by atoms with Gasteiger partial charge in [0.1, 0.15) is 0 Å². The van der Waals surface area contributed by atoms with Crippen LogP contribution in [-0.2, 0) is 0 Å². The Balaban J connectivity index is 1.55. The predicted octanol–water partition coefficient (Wildman–Crippen LogP) is 7.09. The normalized spacial score (nSPS) is 15.9. The van der Waals surface area contributed by atoms with Crippen LogP contribution in [0.1, 0.15) is 40.3 Å². The number of rotatable bonds is 4. The van der Waals surface area contributed by atoms with E-state index in [1.807, 2.05) is 6.07 Å². The maximum Gasteiger partial charge on any atom is 0.207 e.